The summed E-state index contributed by atoms with van der Waals surface area (Å²) in [6.07, 6.45) is 4.25. The molecule has 0 radical (unpaired) electrons. The van der Waals surface area contributed by atoms with Gasteiger partial charge in [-0.25, -0.2) is 9.37 Å². The zero-order chi connectivity index (χ0) is 18.3. The minimum Gasteiger partial charge on any atom is -0.307 e. The molecule has 5 nitrogen and oxygen atoms in total. The van der Waals surface area contributed by atoms with Gasteiger partial charge in [-0.05, 0) is 35.7 Å². The summed E-state index contributed by atoms with van der Waals surface area (Å²) in [6, 6.07) is 9.45. The van der Waals surface area contributed by atoms with Crippen molar-refractivity contribution in [1.82, 2.24) is 9.88 Å². The number of aromatic nitrogens is 1. The predicted octanol–water partition coefficient (Wildman–Crippen LogP) is 3.19. The highest BCUT2D eigenvalue weighted by Gasteiger charge is 2.49. The van der Waals surface area contributed by atoms with Gasteiger partial charge >= 0.3 is 0 Å². The molecule has 4 rings (SSSR count). The van der Waals surface area contributed by atoms with E-state index in [1.54, 1.807) is 12.3 Å². The summed E-state index contributed by atoms with van der Waals surface area (Å²) >= 11 is 6.05. The molecular formula is C19H16ClFN4O. The number of amides is 1. The van der Waals surface area contributed by atoms with Crippen LogP contribution in [-0.2, 0) is 11.2 Å². The van der Waals surface area contributed by atoms with E-state index >= 15 is 4.39 Å². The van der Waals surface area contributed by atoms with Crippen molar-refractivity contribution < 1.29 is 9.18 Å². The number of carbonyl (C=O) groups is 1. The van der Waals surface area contributed by atoms with Gasteiger partial charge in [0.05, 0.1) is 6.54 Å². The van der Waals surface area contributed by atoms with Crippen molar-refractivity contribution in [2.45, 2.75) is 18.5 Å². The summed E-state index contributed by atoms with van der Waals surface area (Å²) in [6.45, 7) is 0.480. The lowest BCUT2D eigenvalue weighted by Crippen LogP contribution is -2.47. The lowest BCUT2D eigenvalue weighted by Gasteiger charge is -2.25. The topological polar surface area (TPSA) is 60.2 Å². The molecule has 0 unspecified atom stereocenters. The third-order valence-corrected chi connectivity index (χ3v) is 5.19. The zero-order valence-electron chi connectivity index (χ0n) is 14.0. The van der Waals surface area contributed by atoms with Crippen molar-refractivity contribution in [1.29, 1.82) is 5.26 Å². The van der Waals surface area contributed by atoms with Gasteiger partial charge < -0.3 is 4.90 Å². The van der Waals surface area contributed by atoms with E-state index in [1.807, 2.05) is 30.5 Å². The normalized spacial score (nSPS) is 21.6. The number of halogens is 2. The molecule has 3 heterocycles. The molecule has 7 heteroatoms. The molecule has 0 bridgehead atoms. The summed E-state index contributed by atoms with van der Waals surface area (Å²) in [5.41, 5.74) is 0.742. The maximum Gasteiger partial charge on any atom is 0.267 e. The number of likely N-dealkylation sites (tertiary alicyclic amines) is 1. The molecule has 2 aromatic rings. The number of alkyl halides is 1. The Bertz CT molecular complexity index is 928. The zero-order valence-corrected chi connectivity index (χ0v) is 14.7. The molecule has 1 saturated heterocycles. The Balaban J connectivity index is 1.61. The second kappa shape index (κ2) is 6.26. The van der Waals surface area contributed by atoms with Crippen molar-refractivity contribution in [2.24, 2.45) is 0 Å². The van der Waals surface area contributed by atoms with Crippen LogP contribution in [0.4, 0.5) is 10.2 Å². The fourth-order valence-corrected chi connectivity index (χ4v) is 3.76. The smallest absolute Gasteiger partial charge is 0.267 e. The van der Waals surface area contributed by atoms with Crippen LogP contribution in [0.15, 0.2) is 36.5 Å². The third kappa shape index (κ3) is 2.78. The van der Waals surface area contributed by atoms with Crippen LogP contribution < -0.4 is 4.90 Å². The number of nitrogens with zero attached hydrogens (tertiary/aromatic N) is 4. The van der Waals surface area contributed by atoms with E-state index in [4.69, 9.17) is 16.9 Å². The van der Waals surface area contributed by atoms with Crippen LogP contribution >= 0.6 is 11.6 Å². The molecule has 1 fully saturated rings. The van der Waals surface area contributed by atoms with Crippen LogP contribution in [0.25, 0.3) is 11.1 Å². The quantitative estimate of drug-likeness (QED) is 0.762. The second-order valence-electron chi connectivity index (χ2n) is 6.66. The Kier molecular flexibility index (Phi) is 4.04. The van der Waals surface area contributed by atoms with E-state index in [0.717, 1.165) is 16.7 Å². The van der Waals surface area contributed by atoms with Crippen LogP contribution in [0.5, 0.6) is 0 Å². The molecular weight excluding hydrogens is 355 g/mol. The highest BCUT2D eigenvalue weighted by molar-refractivity contribution is 6.30. The molecule has 26 heavy (non-hydrogen) atoms. The number of pyridine rings is 1. The van der Waals surface area contributed by atoms with E-state index in [9.17, 15) is 4.79 Å². The first kappa shape index (κ1) is 16.8. The monoisotopic (exact) mass is 370 g/mol. The maximum atomic E-state index is 15.1. The average Bonchev–Trinajstić information content (AvgIpc) is 3.25. The molecule has 1 amide bonds. The lowest BCUT2D eigenvalue weighted by atomic mass is 10.0. The summed E-state index contributed by atoms with van der Waals surface area (Å²) < 4.78 is 15.1. The van der Waals surface area contributed by atoms with Crippen LogP contribution in [0, 0.1) is 11.5 Å². The number of anilines is 1. The number of hydrogen-bond acceptors (Lipinski definition) is 4. The number of benzene rings is 1. The molecule has 0 saturated carbocycles. The molecule has 2 aliphatic heterocycles. The molecule has 132 valence electrons. The van der Waals surface area contributed by atoms with Crippen LogP contribution in [0.3, 0.4) is 0 Å². The van der Waals surface area contributed by atoms with Crippen LogP contribution in [-0.4, -0.2) is 41.1 Å². The Morgan fingerprint density at radius 3 is 2.88 bits per heavy atom. The van der Waals surface area contributed by atoms with Gasteiger partial charge in [-0.3, -0.25) is 9.69 Å². The third-order valence-electron chi connectivity index (χ3n) is 4.95. The molecule has 1 aromatic carbocycles. The van der Waals surface area contributed by atoms with Gasteiger partial charge in [0.15, 0.2) is 6.19 Å². The maximum absolute atomic E-state index is 15.1. The number of fused-ring (bicyclic) bond motifs is 1. The Hall–Kier alpha value is -2.65. The summed E-state index contributed by atoms with van der Waals surface area (Å²) in [5, 5.41) is 9.57. The van der Waals surface area contributed by atoms with Crippen molar-refractivity contribution in [3.63, 3.8) is 0 Å². The number of hydrogen-bond donors (Lipinski definition) is 0. The first-order valence-electron chi connectivity index (χ1n) is 8.41. The number of rotatable bonds is 2. The van der Waals surface area contributed by atoms with E-state index in [1.165, 1.54) is 9.80 Å². The molecule has 0 spiro atoms. The average molecular weight is 371 g/mol. The highest BCUT2D eigenvalue weighted by Crippen LogP contribution is 2.35. The van der Waals surface area contributed by atoms with Gasteiger partial charge in [0.2, 0.25) is 5.67 Å². The standard InChI is InChI=1S/C19H16ClFN4O/c20-16-3-1-2-13(9-16)15-8-14-4-6-25(17(14)23-10-15)18(26)19(21)5-7-24(11-19)12-22/h1-3,8-10H,4-7,11H2/t19-/m0/s1. The Labute approximate surface area is 155 Å². The van der Waals surface area contributed by atoms with Crippen LogP contribution in [0.1, 0.15) is 12.0 Å². The van der Waals surface area contributed by atoms with Gasteiger partial charge in [0, 0.05) is 36.3 Å². The molecule has 2 aliphatic rings. The Morgan fingerprint density at radius 1 is 1.31 bits per heavy atom. The van der Waals surface area contributed by atoms with Crippen molar-refractivity contribution in [3.8, 4) is 17.3 Å². The molecule has 0 N–H and O–H groups in total. The van der Waals surface area contributed by atoms with E-state index in [-0.39, 0.29) is 19.5 Å². The van der Waals surface area contributed by atoms with E-state index in [2.05, 4.69) is 4.98 Å². The van der Waals surface area contributed by atoms with Gasteiger partial charge in [-0.15, -0.1) is 0 Å². The van der Waals surface area contributed by atoms with Crippen LogP contribution in [0.2, 0.25) is 5.02 Å². The first-order valence-corrected chi connectivity index (χ1v) is 8.78. The van der Waals surface area contributed by atoms with Gasteiger partial charge in [-0.1, -0.05) is 23.7 Å². The fraction of sp³-hybridized carbons (Fsp3) is 0.316. The summed E-state index contributed by atoms with van der Waals surface area (Å²) in [4.78, 5) is 19.9. The van der Waals surface area contributed by atoms with Crippen molar-refractivity contribution in [2.75, 3.05) is 24.5 Å². The van der Waals surface area contributed by atoms with Crippen molar-refractivity contribution >= 4 is 23.3 Å². The minimum atomic E-state index is -2.02. The van der Waals surface area contributed by atoms with Gasteiger partial charge in [0.25, 0.3) is 5.91 Å². The number of nitriles is 1. The molecule has 0 aliphatic carbocycles. The first-order chi connectivity index (χ1) is 12.5. The summed E-state index contributed by atoms with van der Waals surface area (Å²) in [7, 11) is 0. The van der Waals surface area contributed by atoms with Crippen molar-refractivity contribution in [3.05, 3.63) is 47.1 Å². The van der Waals surface area contributed by atoms with E-state index < -0.39 is 11.6 Å². The lowest BCUT2D eigenvalue weighted by molar-refractivity contribution is -0.129. The minimum absolute atomic E-state index is 0.0336. The highest BCUT2D eigenvalue weighted by atomic mass is 35.5. The molecule has 1 aromatic heterocycles. The number of carbonyl (C=O) groups excluding carboxylic acids is 1. The molecule has 1 atom stereocenters. The van der Waals surface area contributed by atoms with Gasteiger partial charge in [0.1, 0.15) is 5.82 Å². The van der Waals surface area contributed by atoms with E-state index in [0.29, 0.717) is 23.8 Å². The SMILES string of the molecule is N#CN1CC[C@@](F)(C(=O)N2CCc3cc(-c4cccc(Cl)c4)cnc32)C1. The predicted molar refractivity (Wildman–Crippen MR) is 96.4 cm³/mol. The second-order valence-corrected chi connectivity index (χ2v) is 7.10. The van der Waals surface area contributed by atoms with Gasteiger partial charge in [-0.2, -0.15) is 5.26 Å². The Morgan fingerprint density at radius 2 is 2.15 bits per heavy atom. The fourth-order valence-electron chi connectivity index (χ4n) is 3.57. The summed E-state index contributed by atoms with van der Waals surface area (Å²) in [5.74, 6) is -0.0924. The largest absolute Gasteiger partial charge is 0.307 e.